The van der Waals surface area contributed by atoms with E-state index in [1.165, 1.54) is 5.56 Å². The van der Waals surface area contributed by atoms with E-state index in [0.717, 1.165) is 25.3 Å². The molecule has 1 aliphatic rings. The van der Waals surface area contributed by atoms with Crippen molar-refractivity contribution in [2.24, 2.45) is 0 Å². The number of nitrogens with zero attached hydrogens (tertiary/aromatic N) is 2. The van der Waals surface area contributed by atoms with E-state index in [4.69, 9.17) is 4.74 Å². The zero-order chi connectivity index (χ0) is 15.9. The molecular formula is C17H22N4O2. The van der Waals surface area contributed by atoms with Crippen molar-refractivity contribution in [2.75, 3.05) is 19.8 Å². The van der Waals surface area contributed by atoms with Crippen molar-refractivity contribution in [1.29, 1.82) is 0 Å². The lowest BCUT2D eigenvalue weighted by Gasteiger charge is -2.23. The molecule has 2 N–H and O–H groups in total. The topological polar surface area (TPSA) is 68.2 Å². The van der Waals surface area contributed by atoms with Gasteiger partial charge >= 0.3 is 0 Å². The third-order valence-corrected chi connectivity index (χ3v) is 3.79. The van der Waals surface area contributed by atoms with E-state index >= 15 is 0 Å². The maximum Gasteiger partial charge on any atom is 0.221 e. The second kappa shape index (κ2) is 7.89. The fourth-order valence-corrected chi connectivity index (χ4v) is 2.60. The first-order valence-electron chi connectivity index (χ1n) is 7.93. The average molecular weight is 314 g/mol. The summed E-state index contributed by atoms with van der Waals surface area (Å²) in [6, 6.07) is 10.3. The number of carbonyl (C=O) groups excluding carboxylic acids is 1. The van der Waals surface area contributed by atoms with Gasteiger partial charge in [-0.25, -0.2) is 0 Å². The van der Waals surface area contributed by atoms with Crippen LogP contribution in [0.1, 0.15) is 17.5 Å². The molecule has 122 valence electrons. The molecule has 0 bridgehead atoms. The summed E-state index contributed by atoms with van der Waals surface area (Å²) in [6.45, 7) is 3.37. The van der Waals surface area contributed by atoms with E-state index in [0.29, 0.717) is 19.6 Å². The van der Waals surface area contributed by atoms with Gasteiger partial charge in [-0.15, -0.1) is 0 Å². The number of amides is 1. The van der Waals surface area contributed by atoms with Gasteiger partial charge in [-0.3, -0.25) is 9.48 Å². The van der Waals surface area contributed by atoms with Crippen LogP contribution >= 0.6 is 0 Å². The van der Waals surface area contributed by atoms with Gasteiger partial charge in [-0.1, -0.05) is 30.3 Å². The molecule has 23 heavy (non-hydrogen) atoms. The fraction of sp³-hybridized carbons (Fsp3) is 0.412. The molecule has 0 spiro atoms. The molecule has 0 saturated carbocycles. The zero-order valence-corrected chi connectivity index (χ0v) is 13.1. The number of ether oxygens (including phenoxy) is 1. The Hall–Kier alpha value is -2.18. The molecule has 0 aliphatic carbocycles. The summed E-state index contributed by atoms with van der Waals surface area (Å²) < 4.78 is 7.23. The molecule has 1 fully saturated rings. The summed E-state index contributed by atoms with van der Waals surface area (Å²) in [5.41, 5.74) is 2.21. The predicted molar refractivity (Wildman–Crippen MR) is 86.8 cm³/mol. The van der Waals surface area contributed by atoms with Gasteiger partial charge in [0.2, 0.25) is 5.91 Å². The van der Waals surface area contributed by atoms with Crippen molar-refractivity contribution >= 4 is 5.91 Å². The molecule has 0 radical (unpaired) electrons. The quantitative estimate of drug-likeness (QED) is 0.832. The number of rotatable bonds is 6. The Labute approximate surface area is 135 Å². The number of nitrogens with one attached hydrogen (secondary N) is 2. The minimum absolute atomic E-state index is 0.0313. The van der Waals surface area contributed by atoms with Crippen LogP contribution in [0.15, 0.2) is 42.7 Å². The van der Waals surface area contributed by atoms with Crippen LogP contribution < -0.4 is 10.6 Å². The molecular weight excluding hydrogens is 292 g/mol. The molecule has 1 amide bonds. The largest absolute Gasteiger partial charge is 0.378 e. The molecule has 2 aromatic rings. The Morgan fingerprint density at radius 3 is 3.00 bits per heavy atom. The van der Waals surface area contributed by atoms with Crippen molar-refractivity contribution in [2.45, 2.75) is 25.6 Å². The Balaban J connectivity index is 1.44. The first-order valence-corrected chi connectivity index (χ1v) is 7.93. The molecule has 1 unspecified atom stereocenters. The molecule has 1 aromatic heterocycles. The fourth-order valence-electron chi connectivity index (χ4n) is 2.60. The van der Waals surface area contributed by atoms with Crippen LogP contribution in [0.25, 0.3) is 0 Å². The van der Waals surface area contributed by atoms with Gasteiger partial charge in [-0.2, -0.15) is 5.10 Å². The van der Waals surface area contributed by atoms with Crippen molar-refractivity contribution < 1.29 is 9.53 Å². The van der Waals surface area contributed by atoms with Gasteiger partial charge in [0.1, 0.15) is 0 Å². The van der Waals surface area contributed by atoms with Crippen LogP contribution in [0, 0.1) is 0 Å². The van der Waals surface area contributed by atoms with Crippen LogP contribution in [-0.2, 0) is 22.6 Å². The van der Waals surface area contributed by atoms with Gasteiger partial charge < -0.3 is 15.4 Å². The molecule has 1 aliphatic heterocycles. The third kappa shape index (κ3) is 4.91. The van der Waals surface area contributed by atoms with Crippen molar-refractivity contribution in [3.63, 3.8) is 0 Å². The number of benzene rings is 1. The number of hydrogen-bond acceptors (Lipinski definition) is 4. The van der Waals surface area contributed by atoms with Crippen LogP contribution in [0.3, 0.4) is 0 Å². The zero-order valence-electron chi connectivity index (χ0n) is 13.1. The molecule has 1 aromatic carbocycles. The lowest BCUT2D eigenvalue weighted by atomic mass is 10.2. The van der Waals surface area contributed by atoms with Crippen molar-refractivity contribution in [3.05, 3.63) is 53.9 Å². The monoisotopic (exact) mass is 314 g/mol. The summed E-state index contributed by atoms with van der Waals surface area (Å²) in [6.07, 6.45) is 4.21. The SMILES string of the molecule is O=C(CC1COCCN1)NCc1cnn(Cc2ccccc2)c1. The van der Waals surface area contributed by atoms with E-state index < -0.39 is 0 Å². The second-order valence-electron chi connectivity index (χ2n) is 5.74. The standard InChI is InChI=1S/C17H22N4O2/c22-17(8-16-13-23-7-6-18-16)19-9-15-10-20-21(12-15)11-14-4-2-1-3-5-14/h1-5,10,12,16,18H,6-9,11,13H2,(H,19,22). The normalized spacial score (nSPS) is 17.8. The highest BCUT2D eigenvalue weighted by molar-refractivity contribution is 5.76. The van der Waals surface area contributed by atoms with E-state index in [2.05, 4.69) is 27.9 Å². The summed E-state index contributed by atoms with van der Waals surface area (Å²) in [7, 11) is 0. The maximum atomic E-state index is 11.9. The molecule has 1 saturated heterocycles. The van der Waals surface area contributed by atoms with E-state index in [1.54, 1.807) is 6.20 Å². The smallest absolute Gasteiger partial charge is 0.221 e. The number of aromatic nitrogens is 2. The Bertz CT molecular complexity index is 621. The van der Waals surface area contributed by atoms with Gasteiger partial charge in [0.05, 0.1) is 26.0 Å². The van der Waals surface area contributed by atoms with Gasteiger partial charge in [0.25, 0.3) is 0 Å². The lowest BCUT2D eigenvalue weighted by Crippen LogP contribution is -2.44. The van der Waals surface area contributed by atoms with Gasteiger partial charge in [0, 0.05) is 37.3 Å². The number of carbonyl (C=O) groups is 1. The van der Waals surface area contributed by atoms with Crippen molar-refractivity contribution in [3.8, 4) is 0 Å². The van der Waals surface area contributed by atoms with E-state index in [-0.39, 0.29) is 11.9 Å². The molecule has 6 heteroatoms. The maximum absolute atomic E-state index is 11.9. The summed E-state index contributed by atoms with van der Waals surface area (Å²) in [5.74, 6) is 0.0313. The second-order valence-corrected chi connectivity index (χ2v) is 5.74. The van der Waals surface area contributed by atoms with Crippen LogP contribution in [0.2, 0.25) is 0 Å². The highest BCUT2D eigenvalue weighted by atomic mass is 16.5. The van der Waals surface area contributed by atoms with Crippen molar-refractivity contribution in [1.82, 2.24) is 20.4 Å². The first-order chi connectivity index (χ1) is 11.3. The van der Waals surface area contributed by atoms with E-state index in [9.17, 15) is 4.79 Å². The summed E-state index contributed by atoms with van der Waals surface area (Å²) in [5, 5.41) is 10.6. The number of morpholine rings is 1. The van der Waals surface area contributed by atoms with E-state index in [1.807, 2.05) is 29.1 Å². The first kappa shape index (κ1) is 15.7. The lowest BCUT2D eigenvalue weighted by molar-refractivity contribution is -0.122. The molecule has 2 heterocycles. The average Bonchev–Trinajstić information content (AvgIpc) is 3.02. The summed E-state index contributed by atoms with van der Waals surface area (Å²) in [4.78, 5) is 11.9. The van der Waals surface area contributed by atoms with Gasteiger partial charge in [-0.05, 0) is 5.56 Å². The third-order valence-electron chi connectivity index (χ3n) is 3.79. The number of hydrogen-bond donors (Lipinski definition) is 2. The summed E-state index contributed by atoms with van der Waals surface area (Å²) >= 11 is 0. The highest BCUT2D eigenvalue weighted by Gasteiger charge is 2.16. The van der Waals surface area contributed by atoms with Crippen LogP contribution in [0.5, 0.6) is 0 Å². The Kier molecular flexibility index (Phi) is 5.39. The minimum atomic E-state index is 0.0313. The Morgan fingerprint density at radius 1 is 1.35 bits per heavy atom. The molecule has 6 nitrogen and oxygen atoms in total. The van der Waals surface area contributed by atoms with Gasteiger partial charge in [0.15, 0.2) is 0 Å². The molecule has 3 rings (SSSR count). The minimum Gasteiger partial charge on any atom is -0.378 e. The van der Waals surface area contributed by atoms with Crippen LogP contribution in [0.4, 0.5) is 0 Å². The predicted octanol–water partition coefficient (Wildman–Crippen LogP) is 0.926. The Morgan fingerprint density at radius 2 is 2.22 bits per heavy atom. The van der Waals surface area contributed by atoms with Crippen LogP contribution in [-0.4, -0.2) is 41.5 Å². The molecule has 1 atom stereocenters. The highest BCUT2D eigenvalue weighted by Crippen LogP contribution is 2.04.